The van der Waals surface area contributed by atoms with Gasteiger partial charge in [-0.15, -0.1) is 0 Å². The molecule has 0 aliphatic carbocycles. The van der Waals surface area contributed by atoms with Gasteiger partial charge in [-0.3, -0.25) is 14.5 Å². The molecular formula is C20H30N4O3. The molecule has 3 rings (SSSR count). The van der Waals surface area contributed by atoms with Gasteiger partial charge in [0.25, 0.3) is 0 Å². The van der Waals surface area contributed by atoms with Gasteiger partial charge in [-0.25, -0.2) is 0 Å². The van der Waals surface area contributed by atoms with E-state index in [2.05, 4.69) is 45.7 Å². The summed E-state index contributed by atoms with van der Waals surface area (Å²) in [6.45, 7) is 4.25. The van der Waals surface area contributed by atoms with Crippen molar-refractivity contribution >= 4 is 17.5 Å². The van der Waals surface area contributed by atoms with E-state index in [1.165, 1.54) is 29.7 Å². The van der Waals surface area contributed by atoms with E-state index in [1.807, 2.05) is 0 Å². The standard InChI is InChI=1S/C20H30N4O3/c1-23-11-7-16-13-15(5-6-17(16)23)18(24-9-3-4-10-24)14-22-20(26)19(25)21-8-12-27-2/h5-6,13,18H,3-4,7-12,14H2,1-2H3,(H,21,25)(H,22,26)/t18-/m1/s1. The predicted molar refractivity (Wildman–Crippen MR) is 105 cm³/mol. The third-order valence-electron chi connectivity index (χ3n) is 5.45. The van der Waals surface area contributed by atoms with Gasteiger partial charge in [0.05, 0.1) is 12.6 Å². The summed E-state index contributed by atoms with van der Waals surface area (Å²) in [7, 11) is 3.67. The van der Waals surface area contributed by atoms with Crippen molar-refractivity contribution in [3.8, 4) is 0 Å². The number of benzene rings is 1. The summed E-state index contributed by atoms with van der Waals surface area (Å²) in [5, 5.41) is 5.38. The van der Waals surface area contributed by atoms with Crippen LogP contribution in [0.1, 0.15) is 30.0 Å². The van der Waals surface area contributed by atoms with Crippen LogP contribution in [0.15, 0.2) is 18.2 Å². The molecule has 0 aromatic heterocycles. The number of nitrogens with zero attached hydrogens (tertiary/aromatic N) is 2. The first-order valence-corrected chi connectivity index (χ1v) is 9.73. The molecule has 7 heteroatoms. The number of methoxy groups -OCH3 is 1. The second-order valence-electron chi connectivity index (χ2n) is 7.28. The zero-order valence-electron chi connectivity index (χ0n) is 16.3. The highest BCUT2D eigenvalue weighted by molar-refractivity contribution is 6.35. The third kappa shape index (κ3) is 4.78. The molecule has 1 aromatic rings. The van der Waals surface area contributed by atoms with Crippen molar-refractivity contribution in [3.05, 3.63) is 29.3 Å². The predicted octanol–water partition coefficient (Wildman–Crippen LogP) is 0.695. The molecule has 0 bridgehead atoms. The van der Waals surface area contributed by atoms with Gasteiger partial charge >= 0.3 is 11.8 Å². The maximum atomic E-state index is 12.1. The average Bonchev–Trinajstić information content (AvgIpc) is 3.32. The fraction of sp³-hybridized carbons (Fsp3) is 0.600. The Kier molecular flexibility index (Phi) is 6.68. The van der Waals surface area contributed by atoms with Crippen molar-refractivity contribution in [1.29, 1.82) is 0 Å². The number of ether oxygens (including phenoxy) is 1. The van der Waals surface area contributed by atoms with Crippen LogP contribution in [0, 0.1) is 0 Å². The zero-order valence-corrected chi connectivity index (χ0v) is 16.3. The Bertz CT molecular complexity index is 673. The number of amides is 2. The monoisotopic (exact) mass is 374 g/mol. The van der Waals surface area contributed by atoms with Gasteiger partial charge in [-0.2, -0.15) is 0 Å². The molecule has 0 radical (unpaired) electrons. The number of rotatable bonds is 7. The minimum Gasteiger partial charge on any atom is -0.383 e. The molecule has 0 unspecified atom stereocenters. The minimum atomic E-state index is -0.609. The molecule has 2 aliphatic rings. The maximum absolute atomic E-state index is 12.1. The smallest absolute Gasteiger partial charge is 0.309 e. The molecule has 2 heterocycles. The van der Waals surface area contributed by atoms with Gasteiger partial charge in [-0.1, -0.05) is 12.1 Å². The molecular weight excluding hydrogens is 344 g/mol. The number of hydrogen-bond acceptors (Lipinski definition) is 5. The van der Waals surface area contributed by atoms with Gasteiger partial charge < -0.3 is 20.3 Å². The summed E-state index contributed by atoms with van der Waals surface area (Å²) in [5.41, 5.74) is 3.87. The van der Waals surface area contributed by atoms with Gasteiger partial charge in [0.1, 0.15) is 0 Å². The molecule has 27 heavy (non-hydrogen) atoms. The largest absolute Gasteiger partial charge is 0.383 e. The fourth-order valence-corrected chi connectivity index (χ4v) is 3.92. The van der Waals surface area contributed by atoms with Crippen LogP contribution in [0.2, 0.25) is 0 Å². The van der Waals surface area contributed by atoms with Crippen molar-refractivity contribution in [2.24, 2.45) is 0 Å². The van der Waals surface area contributed by atoms with Gasteiger partial charge in [0, 0.05) is 39.5 Å². The number of nitrogens with one attached hydrogen (secondary N) is 2. The van der Waals surface area contributed by atoms with Gasteiger partial charge in [-0.05, 0) is 49.5 Å². The van der Waals surface area contributed by atoms with E-state index >= 15 is 0 Å². The lowest BCUT2D eigenvalue weighted by Crippen LogP contribution is -2.44. The van der Waals surface area contributed by atoms with Crippen molar-refractivity contribution in [1.82, 2.24) is 15.5 Å². The maximum Gasteiger partial charge on any atom is 0.309 e. The van der Waals surface area contributed by atoms with Crippen molar-refractivity contribution in [2.75, 3.05) is 58.4 Å². The summed E-state index contributed by atoms with van der Waals surface area (Å²) in [6, 6.07) is 6.71. The molecule has 0 spiro atoms. The zero-order chi connectivity index (χ0) is 19.2. The number of likely N-dealkylation sites (N-methyl/N-ethyl adjacent to an activating group) is 1. The van der Waals surface area contributed by atoms with E-state index in [0.29, 0.717) is 19.7 Å². The number of likely N-dealkylation sites (tertiary alicyclic amines) is 1. The van der Waals surface area contributed by atoms with E-state index in [4.69, 9.17) is 4.74 Å². The molecule has 2 aliphatic heterocycles. The molecule has 2 N–H and O–H groups in total. The van der Waals surface area contributed by atoms with Crippen LogP contribution in [-0.2, 0) is 20.7 Å². The van der Waals surface area contributed by atoms with Crippen molar-refractivity contribution in [2.45, 2.75) is 25.3 Å². The van der Waals surface area contributed by atoms with E-state index in [9.17, 15) is 9.59 Å². The van der Waals surface area contributed by atoms with Crippen LogP contribution < -0.4 is 15.5 Å². The topological polar surface area (TPSA) is 73.9 Å². The first-order chi connectivity index (χ1) is 13.1. The van der Waals surface area contributed by atoms with Crippen LogP contribution in [0.5, 0.6) is 0 Å². The van der Waals surface area contributed by atoms with Crippen LogP contribution in [0.4, 0.5) is 5.69 Å². The average molecular weight is 374 g/mol. The van der Waals surface area contributed by atoms with E-state index in [-0.39, 0.29) is 6.04 Å². The lowest BCUT2D eigenvalue weighted by atomic mass is 10.0. The first-order valence-electron chi connectivity index (χ1n) is 9.73. The SMILES string of the molecule is COCCNC(=O)C(=O)NC[C@H](c1ccc2c(c1)CCN2C)N1CCCC1. The molecule has 1 atom stereocenters. The molecule has 0 saturated carbocycles. The summed E-state index contributed by atoms with van der Waals surface area (Å²) in [4.78, 5) is 28.7. The second kappa shape index (κ2) is 9.19. The van der Waals surface area contributed by atoms with E-state index in [0.717, 1.165) is 26.1 Å². The Morgan fingerprint density at radius 3 is 2.63 bits per heavy atom. The summed E-state index contributed by atoms with van der Waals surface area (Å²) in [6.07, 6.45) is 3.41. The highest BCUT2D eigenvalue weighted by Crippen LogP contribution is 2.32. The lowest BCUT2D eigenvalue weighted by Gasteiger charge is -2.28. The third-order valence-corrected chi connectivity index (χ3v) is 5.45. The molecule has 1 fully saturated rings. The van der Waals surface area contributed by atoms with E-state index < -0.39 is 11.8 Å². The van der Waals surface area contributed by atoms with Crippen LogP contribution in [0.3, 0.4) is 0 Å². The molecule has 1 aromatic carbocycles. The molecule has 148 valence electrons. The van der Waals surface area contributed by atoms with Gasteiger partial charge in [0.2, 0.25) is 0 Å². The Morgan fingerprint density at radius 1 is 1.15 bits per heavy atom. The van der Waals surface area contributed by atoms with Crippen molar-refractivity contribution in [3.63, 3.8) is 0 Å². The van der Waals surface area contributed by atoms with E-state index in [1.54, 1.807) is 7.11 Å². The van der Waals surface area contributed by atoms with Crippen LogP contribution in [0.25, 0.3) is 0 Å². The highest BCUT2D eigenvalue weighted by atomic mass is 16.5. The Balaban J connectivity index is 1.66. The van der Waals surface area contributed by atoms with Gasteiger partial charge in [0.15, 0.2) is 0 Å². The minimum absolute atomic E-state index is 0.0967. The quantitative estimate of drug-likeness (QED) is 0.543. The normalized spacial score (nSPS) is 17.6. The number of fused-ring (bicyclic) bond motifs is 1. The summed E-state index contributed by atoms with van der Waals surface area (Å²) in [5.74, 6) is -1.20. The second-order valence-corrected chi connectivity index (χ2v) is 7.28. The molecule has 7 nitrogen and oxygen atoms in total. The molecule has 2 amide bonds. The number of anilines is 1. The summed E-state index contributed by atoms with van der Waals surface area (Å²) >= 11 is 0. The molecule has 1 saturated heterocycles. The first kappa shape index (κ1) is 19.6. The fourth-order valence-electron chi connectivity index (χ4n) is 3.92. The Morgan fingerprint density at radius 2 is 1.89 bits per heavy atom. The number of carbonyl (C=O) groups is 2. The Labute approximate surface area is 161 Å². The van der Waals surface area contributed by atoms with Crippen LogP contribution in [-0.4, -0.2) is 70.2 Å². The highest BCUT2D eigenvalue weighted by Gasteiger charge is 2.26. The lowest BCUT2D eigenvalue weighted by molar-refractivity contribution is -0.139. The number of hydrogen-bond donors (Lipinski definition) is 2. The Hall–Kier alpha value is -2.12. The van der Waals surface area contributed by atoms with Crippen LogP contribution >= 0.6 is 0 Å². The van der Waals surface area contributed by atoms with Crippen molar-refractivity contribution < 1.29 is 14.3 Å². The summed E-state index contributed by atoms with van der Waals surface area (Å²) < 4.78 is 4.88. The number of carbonyl (C=O) groups excluding carboxylic acids is 2.